The number of carbonyl (C=O) groups excluding carboxylic acids is 1. The van der Waals surface area contributed by atoms with Crippen LogP contribution in [0.1, 0.15) is 15.9 Å². The maximum absolute atomic E-state index is 13.1. The molecule has 6 rings (SSSR count). The van der Waals surface area contributed by atoms with Gasteiger partial charge in [-0.1, -0.05) is 30.3 Å². The summed E-state index contributed by atoms with van der Waals surface area (Å²) in [6, 6.07) is 14.0. The number of piperidine rings is 2. The third-order valence-electron chi connectivity index (χ3n) is 6.80. The Balaban J connectivity index is 1.55. The number of nitrogens with one attached hydrogen (secondary N) is 1. The van der Waals surface area contributed by atoms with Gasteiger partial charge in [-0.15, -0.1) is 0 Å². The largest absolute Gasteiger partial charge is 0.348 e. The Morgan fingerprint density at radius 3 is 2.39 bits per heavy atom. The lowest BCUT2D eigenvalue weighted by Crippen LogP contribution is -2.70. The highest BCUT2D eigenvalue weighted by molar-refractivity contribution is 5.94. The number of hydrogen-bond donors (Lipinski definition) is 1. The summed E-state index contributed by atoms with van der Waals surface area (Å²) in [7, 11) is 1.68. The van der Waals surface area contributed by atoms with E-state index in [1.807, 2.05) is 6.07 Å². The first-order valence-corrected chi connectivity index (χ1v) is 10.0. The van der Waals surface area contributed by atoms with Crippen molar-refractivity contribution in [2.75, 3.05) is 39.3 Å². The molecule has 0 radical (unpaired) electrons. The Kier molecular flexibility index (Phi) is 4.14. The first-order chi connectivity index (χ1) is 13.6. The summed E-state index contributed by atoms with van der Waals surface area (Å²) >= 11 is 0. The van der Waals surface area contributed by atoms with Gasteiger partial charge in [0.25, 0.3) is 11.5 Å². The second-order valence-electron chi connectivity index (χ2n) is 8.54. The maximum Gasteiger partial charge on any atom is 0.263 e. The molecule has 1 N–H and O–H groups in total. The van der Waals surface area contributed by atoms with E-state index in [1.165, 1.54) is 10.1 Å². The summed E-state index contributed by atoms with van der Waals surface area (Å²) in [6.07, 6.45) is 1.68. The summed E-state index contributed by atoms with van der Waals surface area (Å²) in [5.74, 6) is 0.111. The molecule has 4 aliphatic heterocycles. The number of hydrogen-bond acceptors (Lipinski definition) is 4. The minimum Gasteiger partial charge on any atom is -0.348 e. The molecule has 146 valence electrons. The molecule has 1 aromatic carbocycles. The third-order valence-corrected chi connectivity index (χ3v) is 6.80. The fraction of sp³-hybridized carbons (Fsp3) is 0.455. The number of nitrogens with zero attached hydrogens (tertiary/aromatic N) is 3. The van der Waals surface area contributed by atoms with E-state index in [4.69, 9.17) is 0 Å². The number of pyridine rings is 1. The Morgan fingerprint density at radius 2 is 1.71 bits per heavy atom. The molecule has 0 aliphatic carbocycles. The summed E-state index contributed by atoms with van der Waals surface area (Å²) in [4.78, 5) is 30.7. The van der Waals surface area contributed by atoms with Gasteiger partial charge in [-0.3, -0.25) is 9.59 Å². The van der Waals surface area contributed by atoms with Crippen molar-refractivity contribution in [1.82, 2.24) is 19.7 Å². The van der Waals surface area contributed by atoms with E-state index in [0.717, 1.165) is 39.3 Å². The van der Waals surface area contributed by atoms with Crippen molar-refractivity contribution in [3.63, 3.8) is 0 Å². The van der Waals surface area contributed by atoms with E-state index >= 15 is 0 Å². The molecule has 4 aliphatic rings. The molecule has 1 amide bonds. The van der Waals surface area contributed by atoms with Gasteiger partial charge in [0, 0.05) is 69.9 Å². The monoisotopic (exact) mass is 378 g/mol. The molecule has 5 heterocycles. The predicted molar refractivity (Wildman–Crippen MR) is 107 cm³/mol. The molecule has 4 bridgehead atoms. The maximum atomic E-state index is 13.1. The minimum absolute atomic E-state index is 0.0258. The van der Waals surface area contributed by atoms with Gasteiger partial charge in [0.1, 0.15) is 5.56 Å². The van der Waals surface area contributed by atoms with E-state index in [-0.39, 0.29) is 28.5 Å². The smallest absolute Gasteiger partial charge is 0.263 e. The van der Waals surface area contributed by atoms with Crippen LogP contribution in [0.4, 0.5) is 0 Å². The molecule has 6 heteroatoms. The highest BCUT2D eigenvalue weighted by Crippen LogP contribution is 2.43. The predicted octanol–water partition coefficient (Wildman–Crippen LogP) is 0.683. The summed E-state index contributed by atoms with van der Waals surface area (Å²) in [5, 5.41) is 3.31. The highest BCUT2D eigenvalue weighted by atomic mass is 16.2. The number of aromatic nitrogens is 1. The van der Waals surface area contributed by atoms with E-state index in [1.54, 1.807) is 25.4 Å². The Labute approximate surface area is 164 Å². The average Bonchev–Trinajstić information content (AvgIpc) is 2.95. The van der Waals surface area contributed by atoms with Gasteiger partial charge in [-0.05, 0) is 17.7 Å². The molecule has 1 aromatic heterocycles. The molecule has 2 unspecified atom stereocenters. The highest BCUT2D eigenvalue weighted by Gasteiger charge is 2.55. The quantitative estimate of drug-likeness (QED) is 0.854. The van der Waals surface area contributed by atoms with Gasteiger partial charge in [-0.2, -0.15) is 0 Å². The average molecular weight is 378 g/mol. The van der Waals surface area contributed by atoms with Gasteiger partial charge in [0.15, 0.2) is 0 Å². The standard InChI is InChI=1S/C22H26N4O2/c1-24-9-5-8-18(21(24)28)20(27)23-19-16-12-25-10-11-26(13-16)15-22(19,14-25)17-6-3-2-4-7-17/h2-9,16,19H,10-15H2,1H3,(H,23,27)/t16?,19-,22?/m0/s1. The molecule has 2 aromatic rings. The van der Waals surface area contributed by atoms with Crippen molar-refractivity contribution in [2.45, 2.75) is 11.5 Å². The van der Waals surface area contributed by atoms with Crippen LogP contribution in [0.3, 0.4) is 0 Å². The lowest BCUT2D eigenvalue weighted by Gasteiger charge is -2.55. The van der Waals surface area contributed by atoms with Crippen LogP contribution in [0.2, 0.25) is 0 Å². The molecule has 0 spiro atoms. The Hall–Kier alpha value is -2.44. The Bertz CT molecular complexity index is 939. The first kappa shape index (κ1) is 17.6. The number of fused-ring (bicyclic) bond motifs is 1. The fourth-order valence-corrected chi connectivity index (χ4v) is 5.56. The van der Waals surface area contributed by atoms with Crippen molar-refractivity contribution in [3.05, 3.63) is 70.1 Å². The summed E-state index contributed by atoms with van der Waals surface area (Å²) in [6.45, 7) is 6.07. The number of benzene rings is 1. The van der Waals surface area contributed by atoms with E-state index in [2.05, 4.69) is 39.4 Å². The zero-order valence-electron chi connectivity index (χ0n) is 16.2. The van der Waals surface area contributed by atoms with Crippen LogP contribution in [0.15, 0.2) is 53.5 Å². The van der Waals surface area contributed by atoms with Gasteiger partial charge >= 0.3 is 0 Å². The zero-order chi connectivity index (χ0) is 19.3. The van der Waals surface area contributed by atoms with Crippen molar-refractivity contribution in [1.29, 1.82) is 0 Å². The van der Waals surface area contributed by atoms with Gasteiger partial charge in [-0.25, -0.2) is 0 Å². The molecule has 28 heavy (non-hydrogen) atoms. The van der Waals surface area contributed by atoms with Crippen molar-refractivity contribution in [3.8, 4) is 0 Å². The van der Waals surface area contributed by atoms with E-state index in [0.29, 0.717) is 5.92 Å². The zero-order valence-corrected chi connectivity index (χ0v) is 16.2. The van der Waals surface area contributed by atoms with Crippen LogP contribution < -0.4 is 10.9 Å². The van der Waals surface area contributed by atoms with Gasteiger partial charge in [0.05, 0.1) is 0 Å². The SMILES string of the molecule is Cn1cccc(C(=O)N[C@H]2C3CN4CCN(C3)CC2(c2ccccc2)C4)c1=O. The normalized spacial score (nSPS) is 33.5. The second kappa shape index (κ2) is 6.57. The van der Waals surface area contributed by atoms with Crippen LogP contribution in [-0.2, 0) is 12.5 Å². The summed E-state index contributed by atoms with van der Waals surface area (Å²) < 4.78 is 1.46. The van der Waals surface area contributed by atoms with Crippen LogP contribution >= 0.6 is 0 Å². The van der Waals surface area contributed by atoms with Crippen molar-refractivity contribution < 1.29 is 4.79 Å². The van der Waals surface area contributed by atoms with Crippen LogP contribution in [0.5, 0.6) is 0 Å². The number of rotatable bonds is 3. The molecular formula is C22H26N4O2. The molecule has 6 nitrogen and oxygen atoms in total. The number of amides is 1. The Morgan fingerprint density at radius 1 is 1.04 bits per heavy atom. The summed E-state index contributed by atoms with van der Waals surface area (Å²) in [5.41, 5.74) is 1.11. The van der Waals surface area contributed by atoms with Crippen LogP contribution in [-0.4, -0.2) is 65.6 Å². The van der Waals surface area contributed by atoms with E-state index in [9.17, 15) is 9.59 Å². The van der Waals surface area contributed by atoms with Crippen LogP contribution in [0.25, 0.3) is 0 Å². The number of carbonyl (C=O) groups is 1. The van der Waals surface area contributed by atoms with Gasteiger partial charge < -0.3 is 19.7 Å². The molecular weight excluding hydrogens is 352 g/mol. The first-order valence-electron chi connectivity index (χ1n) is 10.0. The fourth-order valence-electron chi connectivity index (χ4n) is 5.56. The van der Waals surface area contributed by atoms with E-state index < -0.39 is 0 Å². The molecule has 4 fully saturated rings. The molecule has 3 atom stereocenters. The van der Waals surface area contributed by atoms with Crippen molar-refractivity contribution >= 4 is 5.91 Å². The van der Waals surface area contributed by atoms with Crippen molar-refractivity contribution in [2.24, 2.45) is 13.0 Å². The lowest BCUT2D eigenvalue weighted by molar-refractivity contribution is 0.0180. The molecule has 0 saturated carbocycles. The topological polar surface area (TPSA) is 57.6 Å². The van der Waals surface area contributed by atoms with Crippen LogP contribution in [0, 0.1) is 5.92 Å². The third kappa shape index (κ3) is 2.71. The number of aryl methyl sites for hydroxylation is 1. The second-order valence-corrected chi connectivity index (χ2v) is 8.54. The molecule has 4 saturated heterocycles. The minimum atomic E-state index is -0.252. The lowest BCUT2D eigenvalue weighted by atomic mass is 9.64. The van der Waals surface area contributed by atoms with Gasteiger partial charge in [0.2, 0.25) is 0 Å².